The Kier molecular flexibility index (Phi) is 6.17. The van der Waals surface area contributed by atoms with E-state index in [1.807, 2.05) is 37.1 Å². The predicted molar refractivity (Wildman–Crippen MR) is 81.3 cm³/mol. The summed E-state index contributed by atoms with van der Waals surface area (Å²) in [4.78, 5) is 24.9. The minimum Gasteiger partial charge on any atom is -0.496 e. The van der Waals surface area contributed by atoms with Gasteiger partial charge in [-0.2, -0.15) is 0 Å². The van der Waals surface area contributed by atoms with Gasteiger partial charge in [-0.15, -0.1) is 0 Å². The van der Waals surface area contributed by atoms with Gasteiger partial charge in [0, 0.05) is 19.2 Å². The fourth-order valence-electron chi connectivity index (χ4n) is 1.92. The molecule has 6 nitrogen and oxygen atoms in total. The number of hydrogen-bond donors (Lipinski definition) is 2. The molecule has 1 rings (SSSR count). The number of nitrogens with zero attached hydrogens (tertiary/aromatic N) is 1. The Bertz CT molecular complexity index is 517. The molecule has 6 heteroatoms. The molecule has 116 valence electrons. The van der Waals surface area contributed by atoms with Crippen LogP contribution in [0.2, 0.25) is 0 Å². The molecule has 3 amide bonds. The lowest BCUT2D eigenvalue weighted by Crippen LogP contribution is -2.47. The van der Waals surface area contributed by atoms with Crippen LogP contribution in [0.5, 0.6) is 5.75 Å². The van der Waals surface area contributed by atoms with E-state index in [-0.39, 0.29) is 5.91 Å². The Labute approximate surface area is 125 Å². The number of carbonyl (C=O) groups is 2. The van der Waals surface area contributed by atoms with Crippen molar-refractivity contribution in [2.24, 2.45) is 0 Å². The zero-order valence-electron chi connectivity index (χ0n) is 13.2. The Hall–Kier alpha value is -2.08. The van der Waals surface area contributed by atoms with Crippen LogP contribution >= 0.6 is 0 Å². The fourth-order valence-corrected chi connectivity index (χ4v) is 1.92. The van der Waals surface area contributed by atoms with E-state index < -0.39 is 12.1 Å². The van der Waals surface area contributed by atoms with Crippen molar-refractivity contribution in [2.75, 3.05) is 21.2 Å². The van der Waals surface area contributed by atoms with Crippen LogP contribution in [0.3, 0.4) is 0 Å². The van der Waals surface area contributed by atoms with Crippen LogP contribution in [-0.4, -0.2) is 44.1 Å². The van der Waals surface area contributed by atoms with E-state index in [0.717, 1.165) is 16.9 Å². The Balaban J connectivity index is 2.76. The summed E-state index contributed by atoms with van der Waals surface area (Å²) in [6.07, 6.45) is 0. The van der Waals surface area contributed by atoms with E-state index in [1.54, 1.807) is 14.0 Å². The van der Waals surface area contributed by atoms with Crippen molar-refractivity contribution in [3.63, 3.8) is 0 Å². The highest BCUT2D eigenvalue weighted by molar-refractivity contribution is 5.96. The molecular weight excluding hydrogens is 270 g/mol. The number of carbonyl (C=O) groups excluding carboxylic acids is 2. The first-order valence-corrected chi connectivity index (χ1v) is 6.75. The highest BCUT2D eigenvalue weighted by Crippen LogP contribution is 2.21. The van der Waals surface area contributed by atoms with Gasteiger partial charge in [0.2, 0.25) is 5.91 Å². The van der Waals surface area contributed by atoms with Gasteiger partial charge in [-0.3, -0.25) is 15.0 Å². The molecule has 0 aromatic heterocycles. The van der Waals surface area contributed by atoms with E-state index in [0.29, 0.717) is 6.54 Å². The van der Waals surface area contributed by atoms with Gasteiger partial charge in [-0.25, -0.2) is 4.79 Å². The number of aryl methyl sites for hydroxylation is 1. The maximum Gasteiger partial charge on any atom is 0.321 e. The predicted octanol–water partition coefficient (Wildman–Crippen LogP) is 1.28. The summed E-state index contributed by atoms with van der Waals surface area (Å²) < 4.78 is 5.33. The van der Waals surface area contributed by atoms with Crippen molar-refractivity contribution in [3.8, 4) is 5.75 Å². The highest BCUT2D eigenvalue weighted by Gasteiger charge is 2.20. The summed E-state index contributed by atoms with van der Waals surface area (Å²) in [6, 6.07) is 4.97. The number of benzene rings is 1. The maximum atomic E-state index is 11.9. The molecule has 1 aromatic rings. The van der Waals surface area contributed by atoms with Gasteiger partial charge in [0.1, 0.15) is 5.75 Å². The minimum absolute atomic E-state index is 0.344. The Morgan fingerprint density at radius 2 is 2.05 bits per heavy atom. The van der Waals surface area contributed by atoms with Crippen molar-refractivity contribution in [2.45, 2.75) is 26.4 Å². The number of methoxy groups -OCH3 is 1. The van der Waals surface area contributed by atoms with E-state index in [4.69, 9.17) is 4.74 Å². The molecule has 2 N–H and O–H groups in total. The minimum atomic E-state index is -0.506. The normalized spacial score (nSPS) is 11.9. The molecule has 0 aliphatic rings. The first kappa shape index (κ1) is 17.0. The molecule has 0 radical (unpaired) electrons. The molecule has 0 saturated heterocycles. The number of rotatable bonds is 5. The second-order valence-electron chi connectivity index (χ2n) is 4.97. The second-order valence-corrected chi connectivity index (χ2v) is 4.97. The third-order valence-electron chi connectivity index (χ3n) is 3.36. The molecule has 21 heavy (non-hydrogen) atoms. The molecule has 0 spiro atoms. The van der Waals surface area contributed by atoms with Crippen molar-refractivity contribution < 1.29 is 14.3 Å². The van der Waals surface area contributed by atoms with E-state index >= 15 is 0 Å². The van der Waals surface area contributed by atoms with Crippen LogP contribution in [0.15, 0.2) is 18.2 Å². The summed E-state index contributed by atoms with van der Waals surface area (Å²) in [5.74, 6) is 0.440. The zero-order valence-corrected chi connectivity index (χ0v) is 13.2. The lowest BCUT2D eigenvalue weighted by molar-refractivity contribution is -0.124. The van der Waals surface area contributed by atoms with Gasteiger partial charge in [-0.05, 0) is 27.0 Å². The number of ether oxygens (including phenoxy) is 1. The Morgan fingerprint density at radius 3 is 2.62 bits per heavy atom. The van der Waals surface area contributed by atoms with Crippen LogP contribution < -0.4 is 15.4 Å². The molecular formula is C15H23N3O3. The number of urea groups is 1. The largest absolute Gasteiger partial charge is 0.496 e. The van der Waals surface area contributed by atoms with Crippen molar-refractivity contribution in [1.82, 2.24) is 15.5 Å². The topological polar surface area (TPSA) is 70.7 Å². The summed E-state index contributed by atoms with van der Waals surface area (Å²) in [7, 11) is 4.92. The smallest absolute Gasteiger partial charge is 0.321 e. The van der Waals surface area contributed by atoms with Crippen molar-refractivity contribution >= 4 is 11.9 Å². The van der Waals surface area contributed by atoms with E-state index in [2.05, 4.69) is 10.6 Å². The van der Waals surface area contributed by atoms with Gasteiger partial charge in [0.25, 0.3) is 0 Å². The van der Waals surface area contributed by atoms with Gasteiger partial charge in [-0.1, -0.05) is 17.7 Å². The number of imide groups is 1. The highest BCUT2D eigenvalue weighted by atomic mass is 16.5. The van der Waals surface area contributed by atoms with Gasteiger partial charge in [0.05, 0.1) is 13.2 Å². The summed E-state index contributed by atoms with van der Waals surface area (Å²) >= 11 is 0. The average Bonchev–Trinajstić information content (AvgIpc) is 2.46. The quantitative estimate of drug-likeness (QED) is 0.858. The van der Waals surface area contributed by atoms with Crippen LogP contribution in [0.4, 0.5) is 4.79 Å². The first-order valence-electron chi connectivity index (χ1n) is 6.75. The van der Waals surface area contributed by atoms with Gasteiger partial charge >= 0.3 is 6.03 Å². The van der Waals surface area contributed by atoms with Crippen molar-refractivity contribution in [3.05, 3.63) is 29.3 Å². The molecule has 1 unspecified atom stereocenters. The number of amides is 3. The molecule has 1 aromatic carbocycles. The zero-order chi connectivity index (χ0) is 16.0. The fraction of sp³-hybridized carbons (Fsp3) is 0.467. The summed E-state index contributed by atoms with van der Waals surface area (Å²) in [5, 5.41) is 4.63. The summed E-state index contributed by atoms with van der Waals surface area (Å²) in [6.45, 7) is 4.30. The average molecular weight is 293 g/mol. The SMILES string of the molecule is CNC(=O)NC(=O)C(C)N(C)Cc1cc(C)ccc1OC. The molecule has 0 heterocycles. The lowest BCUT2D eigenvalue weighted by Gasteiger charge is -2.24. The third-order valence-corrected chi connectivity index (χ3v) is 3.36. The van der Waals surface area contributed by atoms with E-state index in [9.17, 15) is 9.59 Å². The monoisotopic (exact) mass is 293 g/mol. The number of nitrogens with one attached hydrogen (secondary N) is 2. The van der Waals surface area contributed by atoms with Gasteiger partial charge < -0.3 is 10.1 Å². The van der Waals surface area contributed by atoms with Crippen LogP contribution in [0.25, 0.3) is 0 Å². The standard InChI is InChI=1S/C15H23N3O3/c1-10-6-7-13(21-5)12(8-10)9-18(4)11(2)14(19)17-15(20)16-3/h6-8,11H,9H2,1-5H3,(H2,16,17,19,20). The Morgan fingerprint density at radius 1 is 1.38 bits per heavy atom. The number of hydrogen-bond acceptors (Lipinski definition) is 4. The lowest BCUT2D eigenvalue weighted by atomic mass is 10.1. The van der Waals surface area contributed by atoms with Crippen LogP contribution in [0, 0.1) is 6.92 Å². The third kappa shape index (κ3) is 4.75. The first-order chi connectivity index (χ1) is 9.88. The molecule has 0 aliphatic carbocycles. The van der Waals surface area contributed by atoms with E-state index in [1.165, 1.54) is 7.05 Å². The molecule has 0 aliphatic heterocycles. The number of likely N-dealkylation sites (N-methyl/N-ethyl adjacent to an activating group) is 1. The second kappa shape index (κ2) is 7.64. The molecule has 0 bridgehead atoms. The van der Waals surface area contributed by atoms with Gasteiger partial charge in [0.15, 0.2) is 0 Å². The molecule has 0 saturated carbocycles. The summed E-state index contributed by atoms with van der Waals surface area (Å²) in [5.41, 5.74) is 2.13. The maximum absolute atomic E-state index is 11.9. The van der Waals surface area contributed by atoms with Crippen LogP contribution in [0.1, 0.15) is 18.1 Å². The van der Waals surface area contributed by atoms with Crippen LogP contribution in [-0.2, 0) is 11.3 Å². The molecule has 0 fully saturated rings. The van der Waals surface area contributed by atoms with Crippen molar-refractivity contribution in [1.29, 1.82) is 0 Å². The molecule has 1 atom stereocenters.